The Hall–Kier alpha value is -2.21. The van der Waals surface area contributed by atoms with Crippen LogP contribution < -0.4 is 5.32 Å². The quantitative estimate of drug-likeness (QED) is 0.796. The van der Waals surface area contributed by atoms with Crippen LogP contribution in [-0.4, -0.2) is 53.0 Å². The average Bonchev–Trinajstić information content (AvgIpc) is 2.97. The molecule has 0 saturated heterocycles. The van der Waals surface area contributed by atoms with Gasteiger partial charge in [0.1, 0.15) is 0 Å². The fourth-order valence-corrected chi connectivity index (χ4v) is 1.84. The number of benzene rings is 1. The van der Waals surface area contributed by atoms with Gasteiger partial charge in [0.25, 0.3) is 5.91 Å². The molecule has 0 bridgehead atoms. The Balaban J connectivity index is 2.03. The van der Waals surface area contributed by atoms with E-state index in [1.54, 1.807) is 11.9 Å². The van der Waals surface area contributed by atoms with Gasteiger partial charge in [-0.15, -0.1) is 5.10 Å². The third-order valence-electron chi connectivity index (χ3n) is 2.97. The average molecular weight is 273 g/mol. The third kappa shape index (κ3) is 3.42. The highest BCUT2D eigenvalue weighted by Gasteiger charge is 2.15. The molecule has 1 aromatic heterocycles. The molecule has 0 spiro atoms. The molecule has 1 heterocycles. The minimum atomic E-state index is -0.108. The highest BCUT2D eigenvalue weighted by Crippen LogP contribution is 2.05. The monoisotopic (exact) mass is 273 g/mol. The van der Waals surface area contributed by atoms with Crippen molar-refractivity contribution >= 4 is 5.91 Å². The first-order chi connectivity index (χ1) is 9.72. The second-order valence-corrected chi connectivity index (χ2v) is 4.54. The molecule has 2 aromatic rings. The van der Waals surface area contributed by atoms with E-state index in [1.807, 2.05) is 37.4 Å². The second-order valence-electron chi connectivity index (χ2n) is 4.54. The first-order valence-corrected chi connectivity index (χ1v) is 6.60. The molecule has 0 aliphatic heterocycles. The van der Waals surface area contributed by atoms with Crippen molar-refractivity contribution in [2.24, 2.45) is 0 Å². The van der Waals surface area contributed by atoms with Crippen molar-refractivity contribution < 1.29 is 4.79 Å². The lowest BCUT2D eigenvalue weighted by Crippen LogP contribution is -2.29. The molecule has 0 saturated carbocycles. The number of aromatic nitrogens is 3. The van der Waals surface area contributed by atoms with Crippen molar-refractivity contribution in [2.75, 3.05) is 27.2 Å². The summed E-state index contributed by atoms with van der Waals surface area (Å²) in [4.78, 5) is 15.3. The summed E-state index contributed by atoms with van der Waals surface area (Å²) in [5.41, 5.74) is 1.20. The SMILES string of the molecule is CNCCCN(C)C(=O)c1cnn(-c2ccccc2)n1. The molecule has 20 heavy (non-hydrogen) atoms. The Morgan fingerprint density at radius 3 is 2.80 bits per heavy atom. The van der Waals surface area contributed by atoms with Crippen LogP contribution in [0.1, 0.15) is 16.9 Å². The molecule has 0 atom stereocenters. The zero-order valence-electron chi connectivity index (χ0n) is 11.8. The highest BCUT2D eigenvalue weighted by atomic mass is 16.2. The Bertz CT molecular complexity index is 552. The van der Waals surface area contributed by atoms with E-state index in [4.69, 9.17) is 0 Å². The summed E-state index contributed by atoms with van der Waals surface area (Å²) in [7, 11) is 3.67. The van der Waals surface area contributed by atoms with Gasteiger partial charge in [-0.2, -0.15) is 9.90 Å². The topological polar surface area (TPSA) is 63.1 Å². The van der Waals surface area contributed by atoms with Gasteiger partial charge in [0.15, 0.2) is 5.69 Å². The lowest BCUT2D eigenvalue weighted by atomic mass is 10.3. The van der Waals surface area contributed by atoms with Crippen LogP contribution >= 0.6 is 0 Å². The van der Waals surface area contributed by atoms with E-state index >= 15 is 0 Å². The molecule has 1 amide bonds. The smallest absolute Gasteiger partial charge is 0.275 e. The van der Waals surface area contributed by atoms with E-state index in [-0.39, 0.29) is 5.91 Å². The van der Waals surface area contributed by atoms with Crippen LogP contribution in [-0.2, 0) is 0 Å². The predicted molar refractivity (Wildman–Crippen MR) is 76.9 cm³/mol. The van der Waals surface area contributed by atoms with Crippen LogP contribution in [0.2, 0.25) is 0 Å². The van der Waals surface area contributed by atoms with Gasteiger partial charge in [0, 0.05) is 13.6 Å². The zero-order valence-corrected chi connectivity index (χ0v) is 11.8. The third-order valence-corrected chi connectivity index (χ3v) is 2.97. The van der Waals surface area contributed by atoms with Crippen LogP contribution in [0.15, 0.2) is 36.5 Å². The minimum Gasteiger partial charge on any atom is -0.340 e. The summed E-state index contributed by atoms with van der Waals surface area (Å²) >= 11 is 0. The molecule has 6 heteroatoms. The van der Waals surface area contributed by atoms with Crippen molar-refractivity contribution in [3.05, 3.63) is 42.2 Å². The number of rotatable bonds is 6. The summed E-state index contributed by atoms with van der Waals surface area (Å²) in [6.07, 6.45) is 2.41. The standard InChI is InChI=1S/C14H19N5O/c1-15-9-6-10-18(2)14(20)13-11-16-19(17-13)12-7-4-3-5-8-12/h3-5,7-8,11,15H,6,9-10H2,1-2H3. The van der Waals surface area contributed by atoms with E-state index in [9.17, 15) is 4.79 Å². The van der Waals surface area contributed by atoms with Crippen molar-refractivity contribution in [2.45, 2.75) is 6.42 Å². The number of carbonyl (C=O) groups is 1. The maximum Gasteiger partial charge on any atom is 0.275 e. The molecule has 0 unspecified atom stereocenters. The van der Waals surface area contributed by atoms with Crippen LogP contribution in [0.5, 0.6) is 0 Å². The molecular formula is C14H19N5O. The summed E-state index contributed by atoms with van der Waals surface area (Å²) in [6, 6.07) is 9.53. The van der Waals surface area contributed by atoms with E-state index in [0.717, 1.165) is 18.7 Å². The Labute approximate surface area is 118 Å². The number of amides is 1. The molecule has 0 radical (unpaired) electrons. The Morgan fingerprint density at radius 2 is 2.10 bits per heavy atom. The fraction of sp³-hybridized carbons (Fsp3) is 0.357. The number of carbonyl (C=O) groups excluding carboxylic acids is 1. The van der Waals surface area contributed by atoms with Gasteiger partial charge in [-0.05, 0) is 32.1 Å². The molecular weight excluding hydrogens is 254 g/mol. The van der Waals surface area contributed by atoms with Crippen molar-refractivity contribution in [3.63, 3.8) is 0 Å². The van der Waals surface area contributed by atoms with E-state index in [0.29, 0.717) is 12.2 Å². The van der Waals surface area contributed by atoms with Gasteiger partial charge in [-0.25, -0.2) is 0 Å². The van der Waals surface area contributed by atoms with Gasteiger partial charge in [0.2, 0.25) is 0 Å². The molecule has 0 aliphatic carbocycles. The number of nitrogens with zero attached hydrogens (tertiary/aromatic N) is 4. The molecule has 0 aliphatic rings. The Morgan fingerprint density at radius 1 is 1.35 bits per heavy atom. The van der Waals surface area contributed by atoms with Gasteiger partial charge >= 0.3 is 0 Å². The van der Waals surface area contributed by atoms with Gasteiger partial charge < -0.3 is 10.2 Å². The largest absolute Gasteiger partial charge is 0.340 e. The van der Waals surface area contributed by atoms with Crippen LogP contribution in [0.25, 0.3) is 5.69 Å². The lowest BCUT2D eigenvalue weighted by Gasteiger charge is -2.15. The molecule has 1 N–H and O–H groups in total. The van der Waals surface area contributed by atoms with Crippen molar-refractivity contribution in [1.82, 2.24) is 25.2 Å². The maximum absolute atomic E-state index is 12.2. The Kier molecular flexibility index (Phi) is 4.84. The van der Waals surface area contributed by atoms with Crippen molar-refractivity contribution in [1.29, 1.82) is 0 Å². The van der Waals surface area contributed by atoms with Gasteiger partial charge in [-0.3, -0.25) is 4.79 Å². The van der Waals surface area contributed by atoms with Crippen LogP contribution in [0, 0.1) is 0 Å². The summed E-state index contributed by atoms with van der Waals surface area (Å²) in [5.74, 6) is -0.108. The van der Waals surface area contributed by atoms with E-state index in [2.05, 4.69) is 15.5 Å². The fourth-order valence-electron chi connectivity index (χ4n) is 1.84. The first-order valence-electron chi connectivity index (χ1n) is 6.60. The zero-order chi connectivity index (χ0) is 14.4. The predicted octanol–water partition coefficient (Wildman–Crippen LogP) is 0.949. The molecule has 1 aromatic carbocycles. The van der Waals surface area contributed by atoms with Crippen LogP contribution in [0.3, 0.4) is 0 Å². The maximum atomic E-state index is 12.2. The highest BCUT2D eigenvalue weighted by molar-refractivity contribution is 5.91. The molecule has 106 valence electrons. The number of para-hydroxylation sites is 1. The van der Waals surface area contributed by atoms with Crippen LogP contribution in [0.4, 0.5) is 0 Å². The molecule has 0 fully saturated rings. The summed E-state index contributed by atoms with van der Waals surface area (Å²) < 4.78 is 0. The molecule has 2 rings (SSSR count). The van der Waals surface area contributed by atoms with Crippen molar-refractivity contribution in [3.8, 4) is 5.69 Å². The number of nitrogens with one attached hydrogen (secondary N) is 1. The minimum absolute atomic E-state index is 0.108. The van der Waals surface area contributed by atoms with Gasteiger partial charge in [0.05, 0.1) is 11.9 Å². The van der Waals surface area contributed by atoms with Gasteiger partial charge in [-0.1, -0.05) is 18.2 Å². The first kappa shape index (κ1) is 14.2. The second kappa shape index (κ2) is 6.81. The lowest BCUT2D eigenvalue weighted by molar-refractivity contribution is 0.0787. The number of hydrogen-bond donors (Lipinski definition) is 1. The normalized spacial score (nSPS) is 10.5. The van der Waals surface area contributed by atoms with E-state index in [1.165, 1.54) is 11.0 Å². The molecule has 6 nitrogen and oxygen atoms in total. The number of hydrogen-bond acceptors (Lipinski definition) is 4. The summed E-state index contributed by atoms with van der Waals surface area (Å²) in [6.45, 7) is 1.58. The van der Waals surface area contributed by atoms with E-state index < -0.39 is 0 Å². The summed E-state index contributed by atoms with van der Waals surface area (Å²) in [5, 5.41) is 11.4.